The Balaban J connectivity index is 1.93. The highest BCUT2D eigenvalue weighted by Gasteiger charge is 2.15. The van der Waals surface area contributed by atoms with Crippen molar-refractivity contribution in [2.24, 2.45) is 5.73 Å². The van der Waals surface area contributed by atoms with Gasteiger partial charge in [0.1, 0.15) is 0 Å². The molecule has 2 atom stereocenters. The van der Waals surface area contributed by atoms with E-state index in [2.05, 4.69) is 6.92 Å². The molecule has 0 aromatic rings. The zero-order valence-electron chi connectivity index (χ0n) is 8.50. The Kier molecular flexibility index (Phi) is 5.35. The normalized spacial score (nSPS) is 24.9. The molecule has 0 bridgehead atoms. The van der Waals surface area contributed by atoms with E-state index in [9.17, 15) is 0 Å². The standard InChI is InChI=1S/C10H21NO2/c1-2-4-9(11)7-12-8-10-5-3-6-13-10/h9-10H,2-8,11H2,1H3. The third-order valence-corrected chi connectivity index (χ3v) is 2.32. The molecule has 0 saturated carbocycles. The Morgan fingerprint density at radius 1 is 1.62 bits per heavy atom. The molecule has 1 saturated heterocycles. The Labute approximate surface area is 80.6 Å². The van der Waals surface area contributed by atoms with Crippen LogP contribution in [-0.4, -0.2) is 32.0 Å². The molecule has 1 heterocycles. The van der Waals surface area contributed by atoms with Crippen LogP contribution in [0.3, 0.4) is 0 Å². The molecule has 0 radical (unpaired) electrons. The molecule has 1 aliphatic heterocycles. The van der Waals surface area contributed by atoms with E-state index >= 15 is 0 Å². The highest BCUT2D eigenvalue weighted by atomic mass is 16.5. The number of hydrogen-bond donors (Lipinski definition) is 1. The maximum absolute atomic E-state index is 5.80. The third-order valence-electron chi connectivity index (χ3n) is 2.32. The summed E-state index contributed by atoms with van der Waals surface area (Å²) in [7, 11) is 0. The number of hydrogen-bond acceptors (Lipinski definition) is 3. The van der Waals surface area contributed by atoms with Crippen LogP contribution in [0.5, 0.6) is 0 Å². The second-order valence-corrected chi connectivity index (χ2v) is 3.72. The van der Waals surface area contributed by atoms with Gasteiger partial charge in [0.05, 0.1) is 19.3 Å². The van der Waals surface area contributed by atoms with E-state index < -0.39 is 0 Å². The molecule has 3 nitrogen and oxygen atoms in total. The summed E-state index contributed by atoms with van der Waals surface area (Å²) in [6.45, 7) is 4.43. The average molecular weight is 187 g/mol. The minimum absolute atomic E-state index is 0.200. The average Bonchev–Trinajstić information content (AvgIpc) is 2.57. The molecule has 3 heteroatoms. The van der Waals surface area contributed by atoms with Gasteiger partial charge in [-0.25, -0.2) is 0 Å². The quantitative estimate of drug-likeness (QED) is 0.682. The van der Waals surface area contributed by atoms with E-state index in [4.69, 9.17) is 15.2 Å². The van der Waals surface area contributed by atoms with Crippen molar-refractivity contribution in [3.8, 4) is 0 Å². The van der Waals surface area contributed by atoms with Crippen molar-refractivity contribution >= 4 is 0 Å². The maximum atomic E-state index is 5.80. The molecular weight excluding hydrogens is 166 g/mol. The van der Waals surface area contributed by atoms with Gasteiger partial charge in [-0.05, 0) is 19.3 Å². The van der Waals surface area contributed by atoms with Gasteiger partial charge in [-0.2, -0.15) is 0 Å². The Bertz CT molecular complexity index is 124. The summed E-state index contributed by atoms with van der Waals surface area (Å²) in [6.07, 6.45) is 4.82. The fourth-order valence-electron chi connectivity index (χ4n) is 1.58. The first-order valence-corrected chi connectivity index (χ1v) is 5.28. The van der Waals surface area contributed by atoms with E-state index in [-0.39, 0.29) is 6.04 Å². The summed E-state index contributed by atoms with van der Waals surface area (Å²) in [5.41, 5.74) is 5.80. The van der Waals surface area contributed by atoms with Crippen molar-refractivity contribution in [2.45, 2.75) is 44.8 Å². The molecule has 2 N–H and O–H groups in total. The van der Waals surface area contributed by atoms with Crippen molar-refractivity contribution in [1.82, 2.24) is 0 Å². The van der Waals surface area contributed by atoms with Gasteiger partial charge in [-0.15, -0.1) is 0 Å². The molecular formula is C10H21NO2. The maximum Gasteiger partial charge on any atom is 0.0809 e. The smallest absolute Gasteiger partial charge is 0.0809 e. The van der Waals surface area contributed by atoms with Gasteiger partial charge >= 0.3 is 0 Å². The van der Waals surface area contributed by atoms with Crippen LogP contribution in [0.1, 0.15) is 32.6 Å². The first-order chi connectivity index (χ1) is 6.33. The highest BCUT2D eigenvalue weighted by molar-refractivity contribution is 4.65. The summed E-state index contributed by atoms with van der Waals surface area (Å²) in [5, 5.41) is 0. The predicted octanol–water partition coefficient (Wildman–Crippen LogP) is 1.31. The highest BCUT2D eigenvalue weighted by Crippen LogP contribution is 2.11. The van der Waals surface area contributed by atoms with Crippen LogP contribution in [-0.2, 0) is 9.47 Å². The summed E-state index contributed by atoms with van der Waals surface area (Å²) in [5.74, 6) is 0. The van der Waals surface area contributed by atoms with Crippen LogP contribution in [0.2, 0.25) is 0 Å². The van der Waals surface area contributed by atoms with Crippen LogP contribution in [0.4, 0.5) is 0 Å². The lowest BCUT2D eigenvalue weighted by molar-refractivity contribution is 0.0125. The van der Waals surface area contributed by atoms with Crippen LogP contribution in [0.15, 0.2) is 0 Å². The minimum Gasteiger partial charge on any atom is -0.377 e. The van der Waals surface area contributed by atoms with Crippen LogP contribution >= 0.6 is 0 Å². The van der Waals surface area contributed by atoms with Gasteiger partial charge in [0.25, 0.3) is 0 Å². The molecule has 0 aliphatic carbocycles. The fraction of sp³-hybridized carbons (Fsp3) is 1.00. The van der Waals surface area contributed by atoms with Gasteiger partial charge in [0.15, 0.2) is 0 Å². The third kappa shape index (κ3) is 4.60. The van der Waals surface area contributed by atoms with Crippen molar-refractivity contribution in [1.29, 1.82) is 0 Å². The zero-order chi connectivity index (χ0) is 9.52. The molecule has 1 rings (SSSR count). The van der Waals surface area contributed by atoms with Gasteiger partial charge in [0.2, 0.25) is 0 Å². The van der Waals surface area contributed by atoms with Crippen molar-refractivity contribution < 1.29 is 9.47 Å². The van der Waals surface area contributed by atoms with Gasteiger partial charge in [-0.1, -0.05) is 13.3 Å². The van der Waals surface area contributed by atoms with Gasteiger partial charge < -0.3 is 15.2 Å². The second-order valence-electron chi connectivity index (χ2n) is 3.72. The summed E-state index contributed by atoms with van der Waals surface area (Å²) < 4.78 is 10.9. The zero-order valence-corrected chi connectivity index (χ0v) is 8.50. The summed E-state index contributed by atoms with van der Waals surface area (Å²) >= 11 is 0. The molecule has 0 aromatic heterocycles. The Hall–Kier alpha value is -0.120. The van der Waals surface area contributed by atoms with Gasteiger partial charge in [0, 0.05) is 12.6 Å². The largest absolute Gasteiger partial charge is 0.377 e. The van der Waals surface area contributed by atoms with Crippen LogP contribution in [0, 0.1) is 0 Å². The molecule has 78 valence electrons. The minimum atomic E-state index is 0.200. The summed E-state index contributed by atoms with van der Waals surface area (Å²) in [4.78, 5) is 0. The van der Waals surface area contributed by atoms with Gasteiger partial charge in [-0.3, -0.25) is 0 Å². The number of nitrogens with two attached hydrogens (primary N) is 1. The Morgan fingerprint density at radius 3 is 3.08 bits per heavy atom. The molecule has 1 fully saturated rings. The van der Waals surface area contributed by atoms with Crippen LogP contribution in [0.25, 0.3) is 0 Å². The molecule has 1 aliphatic rings. The topological polar surface area (TPSA) is 44.5 Å². The molecule has 13 heavy (non-hydrogen) atoms. The predicted molar refractivity (Wildman–Crippen MR) is 52.7 cm³/mol. The summed E-state index contributed by atoms with van der Waals surface area (Å²) in [6, 6.07) is 0.200. The van der Waals surface area contributed by atoms with E-state index in [1.807, 2.05) is 0 Å². The lowest BCUT2D eigenvalue weighted by Crippen LogP contribution is -2.28. The van der Waals surface area contributed by atoms with Crippen LogP contribution < -0.4 is 5.73 Å². The molecule has 0 aromatic carbocycles. The fourth-order valence-corrected chi connectivity index (χ4v) is 1.58. The SMILES string of the molecule is CCCC(N)COCC1CCCO1. The molecule has 2 unspecified atom stereocenters. The Morgan fingerprint density at radius 2 is 2.46 bits per heavy atom. The lowest BCUT2D eigenvalue weighted by Gasteiger charge is -2.13. The first kappa shape index (κ1) is 11.0. The monoisotopic (exact) mass is 187 g/mol. The van der Waals surface area contributed by atoms with Crippen molar-refractivity contribution in [2.75, 3.05) is 19.8 Å². The van der Waals surface area contributed by atoms with E-state index in [1.165, 1.54) is 6.42 Å². The number of rotatable bonds is 6. The van der Waals surface area contributed by atoms with E-state index in [0.29, 0.717) is 12.7 Å². The second kappa shape index (κ2) is 6.35. The van der Waals surface area contributed by atoms with Crippen molar-refractivity contribution in [3.63, 3.8) is 0 Å². The lowest BCUT2D eigenvalue weighted by atomic mass is 10.2. The van der Waals surface area contributed by atoms with E-state index in [0.717, 1.165) is 32.5 Å². The van der Waals surface area contributed by atoms with Crippen molar-refractivity contribution in [3.05, 3.63) is 0 Å². The molecule has 0 amide bonds. The number of ether oxygens (including phenoxy) is 2. The first-order valence-electron chi connectivity index (χ1n) is 5.28. The molecule has 0 spiro atoms. The van der Waals surface area contributed by atoms with E-state index in [1.54, 1.807) is 0 Å².